The third kappa shape index (κ3) is 12.0. The first-order valence-corrected chi connectivity index (χ1v) is 6.10. The van der Waals surface area contributed by atoms with Crippen molar-refractivity contribution in [3.63, 3.8) is 0 Å². The SMILES string of the molecule is O=C=NCCCCCCN=C=O.O=c1[nH]c(=O)[nH]c(=O)[nH]1. The molecule has 10 nitrogen and oxygen atoms in total. The molecule has 0 unspecified atom stereocenters. The number of rotatable bonds is 7. The Morgan fingerprint density at radius 1 is 0.667 bits per heavy atom. The Labute approximate surface area is 118 Å². The van der Waals surface area contributed by atoms with Gasteiger partial charge in [0.05, 0.1) is 13.1 Å². The molecule has 1 heterocycles. The average Bonchev–Trinajstić information content (AvgIpc) is 2.41. The third-order valence-corrected chi connectivity index (χ3v) is 2.10. The second-order valence-electron chi connectivity index (χ2n) is 3.72. The van der Waals surface area contributed by atoms with E-state index in [0.717, 1.165) is 25.7 Å². The van der Waals surface area contributed by atoms with E-state index in [2.05, 4.69) is 9.98 Å². The molecular formula is C11H15N5O5. The van der Waals surface area contributed by atoms with Crippen molar-refractivity contribution < 1.29 is 9.59 Å². The zero-order chi connectivity index (χ0) is 15.9. The lowest BCUT2D eigenvalue weighted by Gasteiger charge is -1.93. The van der Waals surface area contributed by atoms with Crippen molar-refractivity contribution in [1.82, 2.24) is 15.0 Å². The third-order valence-electron chi connectivity index (χ3n) is 2.10. The lowest BCUT2D eigenvalue weighted by molar-refractivity contribution is 0.558. The van der Waals surface area contributed by atoms with Gasteiger partial charge >= 0.3 is 17.1 Å². The highest BCUT2D eigenvalue weighted by atomic mass is 16.2. The number of unbranched alkanes of at least 4 members (excludes halogenated alkanes) is 3. The Balaban J connectivity index is 0.000000394. The summed E-state index contributed by atoms with van der Waals surface area (Å²) in [7, 11) is 0. The van der Waals surface area contributed by atoms with Crippen molar-refractivity contribution in [2.45, 2.75) is 25.7 Å². The van der Waals surface area contributed by atoms with Crippen LogP contribution in [0, 0.1) is 0 Å². The van der Waals surface area contributed by atoms with Crippen LogP contribution in [-0.4, -0.2) is 40.2 Å². The van der Waals surface area contributed by atoms with Gasteiger partial charge in [0.15, 0.2) is 0 Å². The average molecular weight is 297 g/mol. The van der Waals surface area contributed by atoms with Crippen LogP contribution in [0.25, 0.3) is 0 Å². The van der Waals surface area contributed by atoms with Crippen LogP contribution in [0.3, 0.4) is 0 Å². The molecule has 0 atom stereocenters. The Morgan fingerprint density at radius 3 is 1.29 bits per heavy atom. The maximum atomic E-state index is 10.2. The molecule has 0 aromatic carbocycles. The van der Waals surface area contributed by atoms with Gasteiger partial charge in [-0.05, 0) is 12.8 Å². The van der Waals surface area contributed by atoms with Gasteiger partial charge in [-0.15, -0.1) is 0 Å². The monoisotopic (exact) mass is 297 g/mol. The minimum Gasteiger partial charge on any atom is -0.259 e. The summed E-state index contributed by atoms with van der Waals surface area (Å²) in [5, 5.41) is 0. The smallest absolute Gasteiger partial charge is 0.259 e. The Hall–Kier alpha value is -2.83. The topological polar surface area (TPSA) is 157 Å². The number of nitrogens with zero attached hydrogens (tertiary/aromatic N) is 2. The Bertz CT molecular complexity index is 560. The quantitative estimate of drug-likeness (QED) is 0.333. The van der Waals surface area contributed by atoms with Crippen molar-refractivity contribution in [3.05, 3.63) is 31.5 Å². The zero-order valence-corrected chi connectivity index (χ0v) is 11.2. The molecule has 0 fully saturated rings. The van der Waals surface area contributed by atoms with Crippen LogP contribution in [0.15, 0.2) is 24.4 Å². The van der Waals surface area contributed by atoms with Gasteiger partial charge in [-0.3, -0.25) is 15.0 Å². The van der Waals surface area contributed by atoms with Gasteiger partial charge in [0.25, 0.3) is 0 Å². The maximum Gasteiger partial charge on any atom is 0.330 e. The van der Waals surface area contributed by atoms with Crippen molar-refractivity contribution in [1.29, 1.82) is 0 Å². The van der Waals surface area contributed by atoms with Crippen LogP contribution in [0.4, 0.5) is 0 Å². The fourth-order valence-corrected chi connectivity index (χ4v) is 1.23. The number of aromatic nitrogens is 3. The number of aliphatic imine (C=N–C) groups is 2. The number of hydrogen-bond acceptors (Lipinski definition) is 7. The molecule has 114 valence electrons. The highest BCUT2D eigenvalue weighted by Crippen LogP contribution is 1.99. The van der Waals surface area contributed by atoms with Crippen LogP contribution in [0.5, 0.6) is 0 Å². The summed E-state index contributed by atoms with van der Waals surface area (Å²) in [6.07, 6.45) is 6.80. The van der Waals surface area contributed by atoms with E-state index in [1.807, 2.05) is 0 Å². The summed E-state index contributed by atoms with van der Waals surface area (Å²) < 4.78 is 0. The van der Waals surface area contributed by atoms with Crippen LogP contribution in [0.1, 0.15) is 25.7 Å². The van der Waals surface area contributed by atoms with Crippen LogP contribution < -0.4 is 17.1 Å². The first kappa shape index (κ1) is 18.2. The largest absolute Gasteiger partial charge is 0.330 e. The van der Waals surface area contributed by atoms with Gasteiger partial charge in [-0.2, -0.15) is 0 Å². The summed E-state index contributed by atoms with van der Waals surface area (Å²) in [5.41, 5.74) is -2.41. The first-order valence-electron chi connectivity index (χ1n) is 6.10. The minimum absolute atomic E-state index is 0.556. The summed E-state index contributed by atoms with van der Waals surface area (Å²) in [4.78, 5) is 62.0. The first-order chi connectivity index (χ1) is 10.1. The van der Waals surface area contributed by atoms with E-state index in [9.17, 15) is 24.0 Å². The highest BCUT2D eigenvalue weighted by molar-refractivity contribution is 5.32. The van der Waals surface area contributed by atoms with Crippen LogP contribution in [-0.2, 0) is 9.59 Å². The number of hydrogen-bond donors (Lipinski definition) is 3. The summed E-state index contributed by atoms with van der Waals surface area (Å²) in [5.74, 6) is 0. The molecule has 0 aliphatic carbocycles. The molecule has 0 spiro atoms. The summed E-state index contributed by atoms with van der Waals surface area (Å²) in [6, 6.07) is 0. The molecule has 0 amide bonds. The molecule has 1 aromatic heterocycles. The lowest BCUT2D eigenvalue weighted by Crippen LogP contribution is -2.34. The molecule has 0 aliphatic heterocycles. The number of nitrogens with one attached hydrogen (secondary N) is 3. The molecule has 0 bridgehead atoms. The second kappa shape index (κ2) is 12.2. The van der Waals surface area contributed by atoms with E-state index >= 15 is 0 Å². The number of aromatic amines is 3. The van der Waals surface area contributed by atoms with Crippen molar-refractivity contribution in [2.75, 3.05) is 13.1 Å². The lowest BCUT2D eigenvalue weighted by atomic mass is 10.2. The molecule has 3 N–H and O–H groups in total. The van der Waals surface area contributed by atoms with Crippen molar-refractivity contribution in [2.24, 2.45) is 9.98 Å². The van der Waals surface area contributed by atoms with Gasteiger partial charge in [0.1, 0.15) is 0 Å². The van der Waals surface area contributed by atoms with Crippen molar-refractivity contribution >= 4 is 12.2 Å². The van der Waals surface area contributed by atoms with Crippen molar-refractivity contribution in [3.8, 4) is 0 Å². The molecule has 10 heteroatoms. The Kier molecular flexibility index (Phi) is 10.6. The molecular weight excluding hydrogens is 282 g/mol. The molecule has 0 aliphatic rings. The highest BCUT2D eigenvalue weighted by Gasteiger charge is 1.88. The van der Waals surface area contributed by atoms with E-state index in [-0.39, 0.29) is 0 Å². The molecule has 21 heavy (non-hydrogen) atoms. The van der Waals surface area contributed by atoms with Gasteiger partial charge in [-0.25, -0.2) is 34.0 Å². The van der Waals surface area contributed by atoms with E-state index in [0.29, 0.717) is 13.1 Å². The standard InChI is InChI=1S/C8H12N2O2.C3H3N3O3/c11-7-9-5-3-1-2-4-6-10-8-12;7-1-4-2(8)6-3(9)5-1/h1-6H2;(H3,4,5,6,7,8,9). The fraction of sp³-hybridized carbons (Fsp3) is 0.545. The van der Waals surface area contributed by atoms with Gasteiger partial charge in [0, 0.05) is 0 Å². The predicted molar refractivity (Wildman–Crippen MR) is 72.7 cm³/mol. The van der Waals surface area contributed by atoms with E-state index < -0.39 is 17.1 Å². The number of H-pyrrole nitrogens is 3. The normalized spacial score (nSPS) is 8.76. The van der Waals surface area contributed by atoms with Gasteiger partial charge in [-0.1, -0.05) is 12.8 Å². The van der Waals surface area contributed by atoms with Gasteiger partial charge < -0.3 is 0 Å². The predicted octanol–water partition coefficient (Wildman–Crippen LogP) is -1.03. The maximum absolute atomic E-state index is 10.2. The molecule has 0 saturated heterocycles. The number of carbonyl (C=O) groups excluding carboxylic acids is 2. The molecule has 1 rings (SSSR count). The zero-order valence-electron chi connectivity index (χ0n) is 11.2. The van der Waals surface area contributed by atoms with E-state index in [1.54, 1.807) is 15.0 Å². The van der Waals surface area contributed by atoms with Crippen LogP contribution >= 0.6 is 0 Å². The van der Waals surface area contributed by atoms with Crippen LogP contribution in [0.2, 0.25) is 0 Å². The molecule has 0 radical (unpaired) electrons. The number of isocyanates is 2. The summed E-state index contributed by atoms with van der Waals surface area (Å²) >= 11 is 0. The fourth-order valence-electron chi connectivity index (χ4n) is 1.23. The minimum atomic E-state index is -0.802. The Morgan fingerprint density at radius 2 is 1.00 bits per heavy atom. The van der Waals surface area contributed by atoms with Gasteiger partial charge in [0.2, 0.25) is 12.2 Å². The van der Waals surface area contributed by atoms with E-state index in [4.69, 9.17) is 0 Å². The molecule has 1 aromatic rings. The van der Waals surface area contributed by atoms with E-state index in [1.165, 1.54) is 12.2 Å². The molecule has 0 saturated carbocycles. The summed E-state index contributed by atoms with van der Waals surface area (Å²) in [6.45, 7) is 1.11. The second-order valence-corrected chi connectivity index (χ2v) is 3.72.